The molecule has 1 aromatic heterocycles. The Balaban J connectivity index is 1.86. The summed E-state index contributed by atoms with van der Waals surface area (Å²) < 4.78 is 40.0. The SMILES string of the molecule is O=C(NCCC(=O)N1CCCCC[C@H]1c1ccncc1)OCC(F)(F)F. The van der Waals surface area contributed by atoms with E-state index in [4.69, 9.17) is 0 Å². The highest BCUT2D eigenvalue weighted by molar-refractivity contribution is 5.77. The molecule has 1 aliphatic heterocycles. The maximum Gasteiger partial charge on any atom is 0.422 e. The summed E-state index contributed by atoms with van der Waals surface area (Å²) >= 11 is 0. The number of hydrogen-bond donors (Lipinski definition) is 1. The minimum atomic E-state index is -4.57. The predicted molar refractivity (Wildman–Crippen MR) is 87.2 cm³/mol. The molecule has 144 valence electrons. The lowest BCUT2D eigenvalue weighted by molar-refractivity contribution is -0.160. The molecular weight excluding hydrogens is 351 g/mol. The molecule has 2 heterocycles. The van der Waals surface area contributed by atoms with Crippen LogP contribution in [0.3, 0.4) is 0 Å². The van der Waals surface area contributed by atoms with Crippen LogP contribution in [0.25, 0.3) is 0 Å². The molecule has 1 aromatic rings. The molecule has 6 nitrogen and oxygen atoms in total. The summed E-state index contributed by atoms with van der Waals surface area (Å²) in [5, 5.41) is 2.18. The lowest BCUT2D eigenvalue weighted by atomic mass is 10.0. The number of nitrogens with one attached hydrogen (secondary N) is 1. The van der Waals surface area contributed by atoms with Crippen molar-refractivity contribution in [2.75, 3.05) is 19.7 Å². The van der Waals surface area contributed by atoms with Gasteiger partial charge in [-0.25, -0.2) is 4.79 Å². The number of halogens is 3. The van der Waals surface area contributed by atoms with Crippen LogP contribution < -0.4 is 5.32 Å². The van der Waals surface area contributed by atoms with Gasteiger partial charge in [-0.1, -0.05) is 12.8 Å². The van der Waals surface area contributed by atoms with Crippen LogP contribution in [0.2, 0.25) is 0 Å². The number of ether oxygens (including phenoxy) is 1. The average Bonchev–Trinajstić information content (AvgIpc) is 2.86. The lowest BCUT2D eigenvalue weighted by Crippen LogP contribution is -2.37. The Hall–Kier alpha value is -2.32. The largest absolute Gasteiger partial charge is 0.440 e. The molecule has 1 N–H and O–H groups in total. The number of pyridine rings is 1. The molecule has 1 saturated heterocycles. The van der Waals surface area contributed by atoms with E-state index in [2.05, 4.69) is 15.0 Å². The highest BCUT2D eigenvalue weighted by atomic mass is 19.4. The molecule has 0 bridgehead atoms. The van der Waals surface area contributed by atoms with E-state index in [-0.39, 0.29) is 24.9 Å². The fourth-order valence-corrected chi connectivity index (χ4v) is 2.95. The summed E-state index contributed by atoms with van der Waals surface area (Å²) in [6, 6.07) is 3.71. The minimum absolute atomic E-state index is 0.00268. The van der Waals surface area contributed by atoms with E-state index < -0.39 is 18.9 Å². The van der Waals surface area contributed by atoms with Crippen LogP contribution in [-0.4, -0.2) is 47.8 Å². The van der Waals surface area contributed by atoms with E-state index in [0.717, 1.165) is 31.2 Å². The molecule has 2 rings (SSSR count). The number of hydrogen-bond acceptors (Lipinski definition) is 4. The normalized spacial score (nSPS) is 18.1. The fraction of sp³-hybridized carbons (Fsp3) is 0.588. The second-order valence-electron chi connectivity index (χ2n) is 6.10. The van der Waals surface area contributed by atoms with Crippen molar-refractivity contribution < 1.29 is 27.5 Å². The summed E-state index contributed by atoms with van der Waals surface area (Å²) in [6.07, 6.45) is 1.40. The van der Waals surface area contributed by atoms with E-state index in [1.165, 1.54) is 0 Å². The molecule has 0 saturated carbocycles. The Labute approximate surface area is 149 Å². The van der Waals surface area contributed by atoms with Gasteiger partial charge in [-0.15, -0.1) is 0 Å². The molecule has 0 spiro atoms. The van der Waals surface area contributed by atoms with Gasteiger partial charge in [-0.05, 0) is 30.5 Å². The van der Waals surface area contributed by atoms with Crippen LogP contribution in [0.4, 0.5) is 18.0 Å². The third-order valence-corrected chi connectivity index (χ3v) is 4.14. The van der Waals surface area contributed by atoms with Crippen LogP contribution >= 0.6 is 0 Å². The van der Waals surface area contributed by atoms with Crippen LogP contribution in [0.15, 0.2) is 24.5 Å². The van der Waals surface area contributed by atoms with E-state index in [0.29, 0.717) is 6.54 Å². The summed E-state index contributed by atoms with van der Waals surface area (Å²) in [7, 11) is 0. The molecule has 26 heavy (non-hydrogen) atoms. The third kappa shape index (κ3) is 6.53. The van der Waals surface area contributed by atoms with Crippen molar-refractivity contribution in [3.63, 3.8) is 0 Å². The number of alkyl halides is 3. The highest BCUT2D eigenvalue weighted by Gasteiger charge is 2.30. The van der Waals surface area contributed by atoms with Crippen LogP contribution in [0.5, 0.6) is 0 Å². The van der Waals surface area contributed by atoms with Crippen molar-refractivity contribution >= 4 is 12.0 Å². The topological polar surface area (TPSA) is 71.5 Å². The number of alkyl carbamates (subject to hydrolysis) is 1. The van der Waals surface area contributed by atoms with Gasteiger partial charge in [0.25, 0.3) is 0 Å². The molecule has 0 unspecified atom stereocenters. The number of likely N-dealkylation sites (tertiary alicyclic amines) is 1. The number of rotatable bonds is 5. The molecule has 1 aliphatic rings. The van der Waals surface area contributed by atoms with Gasteiger partial charge in [0.15, 0.2) is 6.61 Å². The van der Waals surface area contributed by atoms with E-state index in [9.17, 15) is 22.8 Å². The van der Waals surface area contributed by atoms with Crippen molar-refractivity contribution in [3.8, 4) is 0 Å². The fourth-order valence-electron chi connectivity index (χ4n) is 2.95. The van der Waals surface area contributed by atoms with Gasteiger partial charge in [0.2, 0.25) is 5.91 Å². The van der Waals surface area contributed by atoms with Gasteiger partial charge in [0, 0.05) is 31.9 Å². The number of aromatic nitrogens is 1. The van der Waals surface area contributed by atoms with Crippen LogP contribution in [0, 0.1) is 0 Å². The minimum Gasteiger partial charge on any atom is -0.440 e. The first-order valence-electron chi connectivity index (χ1n) is 8.53. The van der Waals surface area contributed by atoms with Gasteiger partial charge < -0.3 is 15.0 Å². The standard InChI is InChI=1S/C17H22F3N3O3/c18-17(19,20)12-26-16(25)22-10-7-15(24)23-11-3-1-2-4-14(23)13-5-8-21-9-6-13/h5-6,8-9,14H,1-4,7,10-12H2,(H,22,25)/t14-/m0/s1. The summed E-state index contributed by atoms with van der Waals surface area (Å²) in [6.45, 7) is -1.11. The Bertz CT molecular complexity index is 596. The van der Waals surface area contributed by atoms with Gasteiger partial charge in [-0.2, -0.15) is 13.2 Å². The number of nitrogens with zero attached hydrogens (tertiary/aromatic N) is 2. The molecular formula is C17H22F3N3O3. The summed E-state index contributed by atoms with van der Waals surface area (Å²) in [5.74, 6) is -0.148. The average molecular weight is 373 g/mol. The summed E-state index contributed by atoms with van der Waals surface area (Å²) in [4.78, 5) is 29.6. The van der Waals surface area contributed by atoms with Gasteiger partial charge in [0.05, 0.1) is 6.04 Å². The zero-order valence-corrected chi connectivity index (χ0v) is 14.3. The second-order valence-corrected chi connectivity index (χ2v) is 6.10. The lowest BCUT2D eigenvalue weighted by Gasteiger charge is -2.30. The van der Waals surface area contributed by atoms with Crippen molar-refractivity contribution in [3.05, 3.63) is 30.1 Å². The molecule has 2 amide bonds. The monoisotopic (exact) mass is 373 g/mol. The van der Waals surface area contributed by atoms with Crippen LogP contribution in [-0.2, 0) is 9.53 Å². The van der Waals surface area contributed by atoms with Gasteiger partial charge in [-0.3, -0.25) is 9.78 Å². The Morgan fingerprint density at radius 3 is 2.65 bits per heavy atom. The molecule has 9 heteroatoms. The Kier molecular flexibility index (Phi) is 7.23. The molecule has 0 aromatic carbocycles. The smallest absolute Gasteiger partial charge is 0.422 e. The van der Waals surface area contributed by atoms with Gasteiger partial charge in [0.1, 0.15) is 0 Å². The first-order chi connectivity index (χ1) is 12.4. The zero-order valence-electron chi connectivity index (χ0n) is 14.3. The summed E-state index contributed by atoms with van der Waals surface area (Å²) in [5.41, 5.74) is 1.01. The quantitative estimate of drug-likeness (QED) is 0.860. The Morgan fingerprint density at radius 1 is 1.23 bits per heavy atom. The maximum atomic E-state index is 12.6. The van der Waals surface area contributed by atoms with E-state index >= 15 is 0 Å². The van der Waals surface area contributed by atoms with E-state index in [1.807, 2.05) is 12.1 Å². The molecule has 1 fully saturated rings. The van der Waals surface area contributed by atoms with Crippen molar-refractivity contribution in [2.45, 2.75) is 44.3 Å². The Morgan fingerprint density at radius 2 is 1.96 bits per heavy atom. The number of amides is 2. The maximum absolute atomic E-state index is 12.6. The van der Waals surface area contributed by atoms with Crippen molar-refractivity contribution in [1.29, 1.82) is 0 Å². The first-order valence-corrected chi connectivity index (χ1v) is 8.53. The first kappa shape index (κ1) is 20.0. The second kappa shape index (κ2) is 9.40. The molecule has 0 aliphatic carbocycles. The van der Waals surface area contributed by atoms with Crippen molar-refractivity contribution in [2.24, 2.45) is 0 Å². The van der Waals surface area contributed by atoms with Crippen LogP contribution in [0.1, 0.15) is 43.7 Å². The molecule has 1 atom stereocenters. The molecule has 0 radical (unpaired) electrons. The number of carbonyl (C=O) groups is 2. The van der Waals surface area contributed by atoms with E-state index in [1.54, 1.807) is 17.3 Å². The van der Waals surface area contributed by atoms with Gasteiger partial charge >= 0.3 is 12.3 Å². The highest BCUT2D eigenvalue weighted by Crippen LogP contribution is 2.30. The number of carbonyl (C=O) groups excluding carboxylic acids is 2. The third-order valence-electron chi connectivity index (χ3n) is 4.14. The van der Waals surface area contributed by atoms with Crippen molar-refractivity contribution in [1.82, 2.24) is 15.2 Å². The predicted octanol–water partition coefficient (Wildman–Crippen LogP) is 3.20. The zero-order chi connectivity index (χ0) is 19.0.